The summed E-state index contributed by atoms with van der Waals surface area (Å²) >= 11 is 0. The molecule has 0 amide bonds. The van der Waals surface area contributed by atoms with Gasteiger partial charge < -0.3 is 9.26 Å². The number of nitrogens with zero attached hydrogens (tertiary/aromatic N) is 3. The average Bonchev–Trinajstić information content (AvgIpc) is 2.74. The summed E-state index contributed by atoms with van der Waals surface area (Å²) in [5, 5.41) is 3.93. The molecule has 1 atom stereocenters. The lowest BCUT2D eigenvalue weighted by Gasteiger charge is -2.31. The van der Waals surface area contributed by atoms with E-state index in [1.54, 1.807) is 6.92 Å². The van der Waals surface area contributed by atoms with E-state index in [4.69, 9.17) is 9.26 Å². The summed E-state index contributed by atoms with van der Waals surface area (Å²) in [4.78, 5) is 6.65. The van der Waals surface area contributed by atoms with Crippen LogP contribution in [-0.4, -0.2) is 41.3 Å². The smallest absolute Gasteiger partial charge is 0.223 e. The molecule has 2 rings (SSSR count). The number of aryl methyl sites for hydroxylation is 1. The third kappa shape index (κ3) is 3.51. The fraction of sp³-hybridized carbons (Fsp3) is 0.833. The lowest BCUT2D eigenvalue weighted by atomic mass is 10.1. The number of ether oxygens (including phenoxy) is 1. The van der Waals surface area contributed by atoms with Crippen LogP contribution >= 0.6 is 0 Å². The molecule has 96 valence electrons. The van der Waals surface area contributed by atoms with E-state index in [2.05, 4.69) is 28.9 Å². The summed E-state index contributed by atoms with van der Waals surface area (Å²) in [5.41, 5.74) is 0. The van der Waals surface area contributed by atoms with Crippen molar-refractivity contribution in [3.8, 4) is 0 Å². The molecule has 5 nitrogen and oxygen atoms in total. The summed E-state index contributed by atoms with van der Waals surface area (Å²) in [7, 11) is 0. The van der Waals surface area contributed by atoms with Gasteiger partial charge in [-0.2, -0.15) is 4.98 Å². The number of morpholine rings is 1. The number of hydrogen-bond acceptors (Lipinski definition) is 5. The number of rotatable bonds is 4. The molecule has 0 bridgehead atoms. The minimum Gasteiger partial charge on any atom is -0.367 e. The molecule has 1 aliphatic heterocycles. The summed E-state index contributed by atoms with van der Waals surface area (Å²) in [5.74, 6) is 2.02. The molecule has 5 heteroatoms. The van der Waals surface area contributed by atoms with Crippen LogP contribution in [0.5, 0.6) is 0 Å². The van der Waals surface area contributed by atoms with Crippen LogP contribution < -0.4 is 0 Å². The molecule has 1 aromatic rings. The van der Waals surface area contributed by atoms with E-state index in [1.807, 2.05) is 0 Å². The first-order valence-electron chi connectivity index (χ1n) is 6.29. The lowest BCUT2D eigenvalue weighted by Crippen LogP contribution is -2.39. The molecule has 0 aromatic carbocycles. The topological polar surface area (TPSA) is 51.4 Å². The lowest BCUT2D eigenvalue weighted by molar-refractivity contribution is -0.0362. The van der Waals surface area contributed by atoms with Gasteiger partial charge in [0.25, 0.3) is 0 Å². The Kier molecular flexibility index (Phi) is 4.12. The van der Waals surface area contributed by atoms with Gasteiger partial charge in [0.15, 0.2) is 0 Å². The summed E-state index contributed by atoms with van der Waals surface area (Å²) < 4.78 is 10.7. The van der Waals surface area contributed by atoms with Crippen molar-refractivity contribution in [2.45, 2.75) is 33.3 Å². The molecule has 0 spiro atoms. The van der Waals surface area contributed by atoms with Crippen molar-refractivity contribution < 1.29 is 9.26 Å². The van der Waals surface area contributed by atoms with Gasteiger partial charge in [-0.1, -0.05) is 19.0 Å². The highest BCUT2D eigenvalue weighted by molar-refractivity contribution is 4.92. The Bertz CT molecular complexity index is 351. The number of aromatic nitrogens is 2. The van der Waals surface area contributed by atoms with Crippen LogP contribution in [-0.2, 0) is 4.74 Å². The van der Waals surface area contributed by atoms with Crippen molar-refractivity contribution >= 4 is 0 Å². The van der Waals surface area contributed by atoms with Gasteiger partial charge in [-0.05, 0) is 18.9 Å². The normalized spacial score (nSPS) is 22.2. The highest BCUT2D eigenvalue weighted by atomic mass is 16.5. The Balaban J connectivity index is 1.88. The standard InChI is InChI=1S/C12H21N3O2/c1-9(2)4-5-15-6-7-16-11(8-15)12-13-10(3)17-14-12/h9,11H,4-8H2,1-3H3/t11-/m0/s1. The van der Waals surface area contributed by atoms with Crippen LogP contribution in [0.15, 0.2) is 4.52 Å². The quantitative estimate of drug-likeness (QED) is 0.802. The fourth-order valence-corrected chi connectivity index (χ4v) is 1.95. The average molecular weight is 239 g/mol. The van der Waals surface area contributed by atoms with E-state index in [-0.39, 0.29) is 6.10 Å². The predicted octanol–water partition coefficient (Wildman–Crippen LogP) is 1.80. The second-order valence-corrected chi connectivity index (χ2v) is 5.01. The molecule has 1 aromatic heterocycles. The Morgan fingerprint density at radius 3 is 2.94 bits per heavy atom. The van der Waals surface area contributed by atoms with Gasteiger partial charge in [-0.15, -0.1) is 0 Å². The molecule has 2 heterocycles. The first-order valence-corrected chi connectivity index (χ1v) is 6.29. The van der Waals surface area contributed by atoms with Crippen molar-refractivity contribution in [3.05, 3.63) is 11.7 Å². The fourth-order valence-electron chi connectivity index (χ4n) is 1.95. The van der Waals surface area contributed by atoms with E-state index in [0.29, 0.717) is 11.7 Å². The number of hydrogen-bond donors (Lipinski definition) is 0. The minimum absolute atomic E-state index is 0.0339. The van der Waals surface area contributed by atoms with Gasteiger partial charge >= 0.3 is 0 Å². The van der Waals surface area contributed by atoms with Crippen molar-refractivity contribution in [3.63, 3.8) is 0 Å². The first-order chi connectivity index (χ1) is 8.15. The van der Waals surface area contributed by atoms with Crippen molar-refractivity contribution in [1.29, 1.82) is 0 Å². The van der Waals surface area contributed by atoms with Crippen LogP contribution in [0, 0.1) is 12.8 Å². The van der Waals surface area contributed by atoms with Gasteiger partial charge in [-0.25, -0.2) is 0 Å². The van der Waals surface area contributed by atoms with E-state index >= 15 is 0 Å². The van der Waals surface area contributed by atoms with Crippen LogP contribution in [0.25, 0.3) is 0 Å². The van der Waals surface area contributed by atoms with Crippen molar-refractivity contribution in [1.82, 2.24) is 15.0 Å². The monoisotopic (exact) mass is 239 g/mol. The van der Waals surface area contributed by atoms with Gasteiger partial charge in [0, 0.05) is 20.0 Å². The maximum absolute atomic E-state index is 5.69. The molecule has 0 radical (unpaired) electrons. The van der Waals surface area contributed by atoms with E-state index < -0.39 is 0 Å². The third-order valence-corrected chi connectivity index (χ3v) is 3.00. The van der Waals surface area contributed by atoms with Gasteiger partial charge in [0.2, 0.25) is 11.7 Å². The van der Waals surface area contributed by atoms with Crippen LogP contribution in [0.2, 0.25) is 0 Å². The second-order valence-electron chi connectivity index (χ2n) is 5.01. The Morgan fingerprint density at radius 1 is 1.47 bits per heavy atom. The Labute approximate surface area is 102 Å². The molecule has 1 fully saturated rings. The zero-order valence-electron chi connectivity index (χ0n) is 10.8. The SMILES string of the molecule is Cc1nc([C@@H]2CN(CCC(C)C)CCO2)no1. The van der Waals surface area contributed by atoms with Gasteiger partial charge in [0.1, 0.15) is 6.10 Å². The molecule has 0 saturated carbocycles. The summed E-state index contributed by atoms with van der Waals surface area (Å²) in [6.45, 7) is 10.0. The molecule has 0 aliphatic carbocycles. The van der Waals surface area contributed by atoms with Crippen molar-refractivity contribution in [2.75, 3.05) is 26.2 Å². The molecular weight excluding hydrogens is 218 g/mol. The second kappa shape index (κ2) is 5.60. The molecule has 1 aliphatic rings. The van der Waals surface area contributed by atoms with Crippen LogP contribution in [0.1, 0.15) is 38.1 Å². The maximum Gasteiger partial charge on any atom is 0.223 e. The zero-order chi connectivity index (χ0) is 12.3. The first kappa shape index (κ1) is 12.5. The largest absolute Gasteiger partial charge is 0.367 e. The molecule has 1 saturated heterocycles. The summed E-state index contributed by atoms with van der Waals surface area (Å²) in [6, 6.07) is 0. The zero-order valence-corrected chi connectivity index (χ0v) is 10.8. The van der Waals surface area contributed by atoms with Crippen LogP contribution in [0.3, 0.4) is 0 Å². The predicted molar refractivity (Wildman–Crippen MR) is 63.6 cm³/mol. The maximum atomic E-state index is 5.69. The molecule has 0 unspecified atom stereocenters. The molecule has 0 N–H and O–H groups in total. The highest BCUT2D eigenvalue weighted by Crippen LogP contribution is 2.20. The van der Waals surface area contributed by atoms with Gasteiger partial charge in [0.05, 0.1) is 6.61 Å². The van der Waals surface area contributed by atoms with E-state index in [9.17, 15) is 0 Å². The van der Waals surface area contributed by atoms with E-state index in [1.165, 1.54) is 6.42 Å². The summed E-state index contributed by atoms with van der Waals surface area (Å²) in [6.07, 6.45) is 1.19. The van der Waals surface area contributed by atoms with Crippen molar-refractivity contribution in [2.24, 2.45) is 5.92 Å². The van der Waals surface area contributed by atoms with Gasteiger partial charge in [-0.3, -0.25) is 4.90 Å². The molecular formula is C12H21N3O2. The third-order valence-electron chi connectivity index (χ3n) is 3.00. The Morgan fingerprint density at radius 2 is 2.29 bits per heavy atom. The Hall–Kier alpha value is -0.940. The van der Waals surface area contributed by atoms with E-state index in [0.717, 1.165) is 32.2 Å². The molecule has 17 heavy (non-hydrogen) atoms. The van der Waals surface area contributed by atoms with Crippen LogP contribution in [0.4, 0.5) is 0 Å². The minimum atomic E-state index is -0.0339. The highest BCUT2D eigenvalue weighted by Gasteiger charge is 2.25.